The molecule has 4 aliphatic rings. The van der Waals surface area contributed by atoms with Gasteiger partial charge >= 0.3 is 0 Å². The third-order valence-corrected chi connectivity index (χ3v) is 7.80. The second-order valence-electron chi connectivity index (χ2n) is 8.98. The second-order valence-corrected chi connectivity index (χ2v) is 8.98. The highest BCUT2D eigenvalue weighted by molar-refractivity contribution is 5.26. The van der Waals surface area contributed by atoms with E-state index >= 15 is 0 Å². The summed E-state index contributed by atoms with van der Waals surface area (Å²) in [5.41, 5.74) is 3.06. The summed E-state index contributed by atoms with van der Waals surface area (Å²) in [5.74, 6) is 2.73. The first-order valence-electron chi connectivity index (χ1n) is 9.44. The van der Waals surface area contributed by atoms with Crippen molar-refractivity contribution in [1.29, 1.82) is 0 Å². The Bertz CT molecular complexity index is 453. The maximum Gasteiger partial charge on any atom is 0.0543 e. The third kappa shape index (κ3) is 2.14. The Balaban J connectivity index is 1.54. The van der Waals surface area contributed by atoms with E-state index in [4.69, 9.17) is 0 Å². The first kappa shape index (κ1) is 14.3. The van der Waals surface area contributed by atoms with E-state index < -0.39 is 0 Å². The van der Waals surface area contributed by atoms with E-state index in [1.165, 1.54) is 51.4 Å². The van der Waals surface area contributed by atoms with Crippen molar-refractivity contribution < 1.29 is 5.11 Å². The van der Waals surface area contributed by atoms with Crippen molar-refractivity contribution in [3.8, 4) is 0 Å². The van der Waals surface area contributed by atoms with Gasteiger partial charge in [-0.2, -0.15) is 0 Å². The fraction of sp³-hybridized carbons (Fsp3) is 0.900. The number of fused-ring (bicyclic) bond motifs is 2. The zero-order valence-corrected chi connectivity index (χ0v) is 13.9. The van der Waals surface area contributed by atoms with Gasteiger partial charge in [0.25, 0.3) is 0 Å². The molecule has 0 bridgehead atoms. The summed E-state index contributed by atoms with van der Waals surface area (Å²) in [5, 5.41) is 9.98. The fourth-order valence-corrected chi connectivity index (χ4v) is 6.51. The molecule has 1 heteroatoms. The summed E-state index contributed by atoms with van der Waals surface area (Å²) >= 11 is 0. The molecule has 0 saturated heterocycles. The van der Waals surface area contributed by atoms with Gasteiger partial charge in [0.2, 0.25) is 0 Å². The molecule has 0 aromatic carbocycles. The van der Waals surface area contributed by atoms with Crippen LogP contribution in [0.1, 0.15) is 78.1 Å². The van der Waals surface area contributed by atoms with Crippen molar-refractivity contribution in [1.82, 2.24) is 0 Å². The Labute approximate surface area is 130 Å². The van der Waals surface area contributed by atoms with Crippen LogP contribution in [0.15, 0.2) is 11.6 Å². The number of rotatable bonds is 3. The SMILES string of the molecule is CCCC12CC1CCC2C1=CCC2CC(O)CCC2(C)C1. The molecule has 0 aliphatic heterocycles. The molecule has 0 aromatic heterocycles. The monoisotopic (exact) mass is 288 g/mol. The van der Waals surface area contributed by atoms with Gasteiger partial charge in [0, 0.05) is 0 Å². The molecule has 1 nitrogen and oxygen atoms in total. The van der Waals surface area contributed by atoms with Crippen LogP contribution in [-0.2, 0) is 0 Å². The molecular formula is C20H32O. The van der Waals surface area contributed by atoms with E-state index in [9.17, 15) is 5.11 Å². The molecule has 6 atom stereocenters. The van der Waals surface area contributed by atoms with Gasteiger partial charge in [-0.1, -0.05) is 31.9 Å². The van der Waals surface area contributed by atoms with Crippen LogP contribution in [0, 0.1) is 28.6 Å². The normalized spacial score (nSPS) is 52.0. The first-order valence-corrected chi connectivity index (χ1v) is 9.44. The second kappa shape index (κ2) is 4.85. The summed E-state index contributed by atoms with van der Waals surface area (Å²) in [7, 11) is 0. The number of hydrogen-bond acceptors (Lipinski definition) is 1. The zero-order chi connectivity index (χ0) is 14.7. The van der Waals surface area contributed by atoms with E-state index in [-0.39, 0.29) is 6.10 Å². The molecule has 0 heterocycles. The molecule has 0 amide bonds. The van der Waals surface area contributed by atoms with Crippen LogP contribution in [0.25, 0.3) is 0 Å². The smallest absolute Gasteiger partial charge is 0.0543 e. The summed E-state index contributed by atoms with van der Waals surface area (Å²) in [6.07, 6.45) is 15.8. The molecule has 3 fully saturated rings. The van der Waals surface area contributed by atoms with Crippen molar-refractivity contribution in [2.24, 2.45) is 28.6 Å². The summed E-state index contributed by atoms with van der Waals surface area (Å²) < 4.78 is 0. The van der Waals surface area contributed by atoms with Crippen LogP contribution in [-0.4, -0.2) is 11.2 Å². The molecule has 0 radical (unpaired) electrons. The van der Waals surface area contributed by atoms with Crippen LogP contribution in [0.2, 0.25) is 0 Å². The van der Waals surface area contributed by atoms with Crippen molar-refractivity contribution >= 4 is 0 Å². The minimum atomic E-state index is -0.0243. The Morgan fingerprint density at radius 2 is 2.10 bits per heavy atom. The lowest BCUT2D eigenvalue weighted by atomic mass is 9.58. The Kier molecular flexibility index (Phi) is 3.30. The van der Waals surface area contributed by atoms with Crippen LogP contribution >= 0.6 is 0 Å². The van der Waals surface area contributed by atoms with Gasteiger partial charge in [-0.15, -0.1) is 0 Å². The van der Waals surface area contributed by atoms with Gasteiger partial charge in [-0.3, -0.25) is 0 Å². The molecule has 0 spiro atoms. The lowest BCUT2D eigenvalue weighted by molar-refractivity contribution is 0.0122. The van der Waals surface area contributed by atoms with E-state index in [2.05, 4.69) is 19.9 Å². The highest BCUT2D eigenvalue weighted by Crippen LogP contribution is 2.71. The highest BCUT2D eigenvalue weighted by Gasteiger charge is 2.62. The van der Waals surface area contributed by atoms with Crippen molar-refractivity contribution in [2.75, 3.05) is 0 Å². The summed E-state index contributed by atoms with van der Waals surface area (Å²) in [6.45, 7) is 4.89. The highest BCUT2D eigenvalue weighted by atomic mass is 16.3. The molecule has 21 heavy (non-hydrogen) atoms. The van der Waals surface area contributed by atoms with Crippen molar-refractivity contribution in [3.63, 3.8) is 0 Å². The minimum absolute atomic E-state index is 0.0243. The van der Waals surface area contributed by atoms with Crippen LogP contribution in [0.3, 0.4) is 0 Å². The van der Waals surface area contributed by atoms with Gasteiger partial charge in [0.1, 0.15) is 0 Å². The topological polar surface area (TPSA) is 20.2 Å². The number of aliphatic hydroxyl groups is 1. The summed E-state index contributed by atoms with van der Waals surface area (Å²) in [4.78, 5) is 0. The largest absolute Gasteiger partial charge is 0.393 e. The maximum absolute atomic E-state index is 9.98. The standard InChI is InChI=1S/C20H32O/c1-3-9-20-13-16(20)6-7-18(20)14-4-5-15-11-17(21)8-10-19(15,2)12-14/h4,15-18,21H,3,5-13H2,1-2H3. The van der Waals surface area contributed by atoms with Gasteiger partial charge in [0.05, 0.1) is 6.10 Å². The van der Waals surface area contributed by atoms with Crippen LogP contribution in [0.4, 0.5) is 0 Å². The zero-order valence-electron chi connectivity index (χ0n) is 13.9. The van der Waals surface area contributed by atoms with Crippen LogP contribution in [0.5, 0.6) is 0 Å². The Hall–Kier alpha value is -0.300. The lowest BCUT2D eigenvalue weighted by Crippen LogP contribution is -2.39. The van der Waals surface area contributed by atoms with Gasteiger partial charge in [-0.25, -0.2) is 0 Å². The molecule has 3 saturated carbocycles. The first-order chi connectivity index (χ1) is 10.1. The van der Waals surface area contributed by atoms with Gasteiger partial charge in [0.15, 0.2) is 0 Å². The summed E-state index contributed by atoms with van der Waals surface area (Å²) in [6, 6.07) is 0. The lowest BCUT2D eigenvalue weighted by Gasteiger charge is -2.48. The number of hydrogen-bond donors (Lipinski definition) is 1. The molecule has 4 aliphatic carbocycles. The molecule has 1 N–H and O–H groups in total. The maximum atomic E-state index is 9.98. The van der Waals surface area contributed by atoms with Crippen LogP contribution < -0.4 is 0 Å². The predicted molar refractivity (Wildman–Crippen MR) is 86.9 cm³/mol. The quantitative estimate of drug-likeness (QED) is 0.717. The number of allylic oxidation sites excluding steroid dienone is 2. The third-order valence-electron chi connectivity index (χ3n) is 7.80. The average Bonchev–Trinajstić information content (AvgIpc) is 3.04. The van der Waals surface area contributed by atoms with E-state index in [1.807, 2.05) is 5.57 Å². The number of aliphatic hydroxyl groups excluding tert-OH is 1. The van der Waals surface area contributed by atoms with Gasteiger partial charge < -0.3 is 5.11 Å². The van der Waals surface area contributed by atoms with Crippen molar-refractivity contribution in [2.45, 2.75) is 84.2 Å². The van der Waals surface area contributed by atoms with E-state index in [0.717, 1.165) is 36.0 Å². The van der Waals surface area contributed by atoms with E-state index in [1.54, 1.807) is 0 Å². The van der Waals surface area contributed by atoms with Gasteiger partial charge in [-0.05, 0) is 86.4 Å². The minimum Gasteiger partial charge on any atom is -0.393 e. The molecule has 118 valence electrons. The Morgan fingerprint density at radius 1 is 1.24 bits per heavy atom. The molecular weight excluding hydrogens is 256 g/mol. The van der Waals surface area contributed by atoms with E-state index in [0.29, 0.717) is 5.41 Å². The predicted octanol–water partition coefficient (Wildman–Crippen LogP) is 5.09. The Morgan fingerprint density at radius 3 is 2.86 bits per heavy atom. The van der Waals surface area contributed by atoms with Crippen molar-refractivity contribution in [3.05, 3.63) is 11.6 Å². The molecule has 6 unspecified atom stereocenters. The fourth-order valence-electron chi connectivity index (χ4n) is 6.51. The molecule has 4 rings (SSSR count). The molecule has 0 aromatic rings. The average molecular weight is 288 g/mol.